The van der Waals surface area contributed by atoms with E-state index in [1.165, 1.54) is 18.1 Å². The third kappa shape index (κ3) is 7.14. The van der Waals surface area contributed by atoms with Crippen molar-refractivity contribution in [2.24, 2.45) is 0 Å². The van der Waals surface area contributed by atoms with Crippen molar-refractivity contribution in [3.8, 4) is 5.75 Å². The molecule has 11 nitrogen and oxygen atoms in total. The van der Waals surface area contributed by atoms with Gasteiger partial charge in [-0.25, -0.2) is 9.59 Å². The van der Waals surface area contributed by atoms with E-state index in [9.17, 15) is 24.3 Å². The molecule has 1 atom stereocenters. The summed E-state index contributed by atoms with van der Waals surface area (Å²) in [4.78, 5) is 53.6. The Hall–Kier alpha value is -4.38. The molecule has 1 aliphatic rings. The van der Waals surface area contributed by atoms with Crippen LogP contribution in [0.4, 0.5) is 4.79 Å². The maximum Gasteiger partial charge on any atom is 0.410 e. The zero-order chi connectivity index (χ0) is 27.8. The van der Waals surface area contributed by atoms with Gasteiger partial charge in [0.25, 0.3) is 0 Å². The highest BCUT2D eigenvalue weighted by atomic mass is 16.6. The number of fused-ring (bicyclic) bond motifs is 1. The van der Waals surface area contributed by atoms with Gasteiger partial charge in [0.15, 0.2) is 0 Å². The summed E-state index contributed by atoms with van der Waals surface area (Å²) in [5, 5.41) is 13.0. The van der Waals surface area contributed by atoms with E-state index in [0.717, 1.165) is 5.56 Å². The second-order valence-electron chi connectivity index (χ2n) is 9.14. The predicted octanol–water partition coefficient (Wildman–Crippen LogP) is 1.69. The lowest BCUT2D eigenvalue weighted by Gasteiger charge is -2.26. The zero-order valence-corrected chi connectivity index (χ0v) is 21.6. The highest BCUT2D eigenvalue weighted by molar-refractivity contribution is 5.91. The number of methoxy groups -OCH3 is 1. The van der Waals surface area contributed by atoms with Crippen LogP contribution in [0, 0.1) is 0 Å². The predicted molar refractivity (Wildman–Crippen MR) is 141 cm³/mol. The number of hydrogen-bond donors (Lipinski definition) is 2. The average Bonchev–Trinajstić information content (AvgIpc) is 3.21. The number of aliphatic hydroxyl groups excluding tert-OH is 1. The third-order valence-corrected chi connectivity index (χ3v) is 6.48. The van der Waals surface area contributed by atoms with Crippen LogP contribution < -0.4 is 15.7 Å². The van der Waals surface area contributed by atoms with Gasteiger partial charge in [-0.1, -0.05) is 30.3 Å². The number of benzene rings is 2. The van der Waals surface area contributed by atoms with Gasteiger partial charge in [0.2, 0.25) is 11.8 Å². The molecule has 1 unspecified atom stereocenters. The van der Waals surface area contributed by atoms with Crippen LogP contribution in [-0.2, 0) is 27.4 Å². The van der Waals surface area contributed by atoms with Crippen molar-refractivity contribution < 1.29 is 33.4 Å². The van der Waals surface area contributed by atoms with Gasteiger partial charge in [-0.15, -0.1) is 0 Å². The van der Waals surface area contributed by atoms with E-state index in [0.29, 0.717) is 36.2 Å². The van der Waals surface area contributed by atoms with E-state index in [1.54, 1.807) is 23.1 Å². The molecule has 0 bridgehead atoms. The fraction of sp³-hybridized carbons (Fsp3) is 0.357. The number of hydrogen-bond acceptors (Lipinski definition) is 8. The first-order chi connectivity index (χ1) is 18.9. The van der Waals surface area contributed by atoms with E-state index in [-0.39, 0.29) is 31.7 Å². The van der Waals surface area contributed by atoms with E-state index >= 15 is 0 Å². The molecule has 0 aliphatic carbocycles. The van der Waals surface area contributed by atoms with Crippen LogP contribution in [-0.4, -0.2) is 78.8 Å². The topological polar surface area (TPSA) is 139 Å². The van der Waals surface area contributed by atoms with Crippen LogP contribution in [0.2, 0.25) is 0 Å². The number of ether oxygens (including phenoxy) is 2. The molecule has 0 saturated carbocycles. The van der Waals surface area contributed by atoms with Gasteiger partial charge in [-0.3, -0.25) is 9.59 Å². The maximum atomic E-state index is 13.1. The summed E-state index contributed by atoms with van der Waals surface area (Å²) in [5.41, 5.74) is 0.952. The number of nitrogens with zero attached hydrogens (tertiary/aromatic N) is 2. The fourth-order valence-corrected chi connectivity index (χ4v) is 4.44. The molecule has 1 aliphatic heterocycles. The summed E-state index contributed by atoms with van der Waals surface area (Å²) in [6.07, 6.45) is -0.135. The Morgan fingerprint density at radius 2 is 1.77 bits per heavy atom. The molecular weight excluding hydrogens is 506 g/mol. The summed E-state index contributed by atoms with van der Waals surface area (Å²) >= 11 is 0. The molecule has 0 radical (unpaired) electrons. The van der Waals surface area contributed by atoms with Crippen molar-refractivity contribution >= 4 is 28.9 Å². The fourth-order valence-electron chi connectivity index (χ4n) is 4.44. The Labute approximate surface area is 224 Å². The summed E-state index contributed by atoms with van der Waals surface area (Å²) in [5.74, 6) is -0.489. The first-order valence-corrected chi connectivity index (χ1v) is 12.6. The van der Waals surface area contributed by atoms with Gasteiger partial charge in [-0.2, -0.15) is 0 Å². The van der Waals surface area contributed by atoms with Crippen LogP contribution in [0.5, 0.6) is 5.75 Å². The molecule has 2 aromatic carbocycles. The third-order valence-electron chi connectivity index (χ3n) is 6.48. The number of nitrogens with one attached hydrogen (secondary N) is 1. The molecule has 4 rings (SSSR count). The number of rotatable bonds is 8. The molecule has 206 valence electrons. The van der Waals surface area contributed by atoms with Crippen LogP contribution in [0.3, 0.4) is 0 Å². The average molecular weight is 538 g/mol. The minimum absolute atomic E-state index is 0.156. The monoisotopic (exact) mass is 537 g/mol. The standard InChI is InChI=1S/C28H31N3O8/c1-37-21-8-9-22-20(15-26(34)39-24(22)16-21)14-25(33)29-23(17-32)27(35)30-10-5-11-31(13-12-30)28(36)38-18-19-6-3-2-4-7-19/h2-4,6-9,15-16,23,32H,5,10-14,17-18H2,1H3,(H,29,33). The van der Waals surface area contributed by atoms with Crippen molar-refractivity contribution in [3.63, 3.8) is 0 Å². The Balaban J connectivity index is 1.34. The number of amides is 3. The van der Waals surface area contributed by atoms with Gasteiger partial charge in [0.05, 0.1) is 20.1 Å². The van der Waals surface area contributed by atoms with Crippen molar-refractivity contribution in [1.29, 1.82) is 0 Å². The molecule has 1 aromatic heterocycles. The molecule has 2 N–H and O–H groups in total. The molecule has 39 heavy (non-hydrogen) atoms. The van der Waals surface area contributed by atoms with Crippen LogP contribution in [0.15, 0.2) is 63.8 Å². The van der Waals surface area contributed by atoms with Gasteiger partial charge >= 0.3 is 11.7 Å². The van der Waals surface area contributed by atoms with Crippen LogP contribution in [0.1, 0.15) is 17.5 Å². The Kier molecular flexibility index (Phi) is 9.16. The van der Waals surface area contributed by atoms with Crippen LogP contribution >= 0.6 is 0 Å². The molecule has 1 saturated heterocycles. The smallest absolute Gasteiger partial charge is 0.410 e. The summed E-state index contributed by atoms with van der Waals surface area (Å²) in [6.45, 7) is 0.836. The molecule has 0 spiro atoms. The Bertz CT molecular complexity index is 1370. The number of carbonyl (C=O) groups is 3. The minimum Gasteiger partial charge on any atom is -0.497 e. The first kappa shape index (κ1) is 27.6. The van der Waals surface area contributed by atoms with Gasteiger partial charge in [0.1, 0.15) is 24.0 Å². The van der Waals surface area contributed by atoms with E-state index < -0.39 is 36.2 Å². The van der Waals surface area contributed by atoms with Crippen LogP contribution in [0.25, 0.3) is 11.0 Å². The van der Waals surface area contributed by atoms with Crippen molar-refractivity contribution in [2.45, 2.75) is 25.5 Å². The first-order valence-electron chi connectivity index (χ1n) is 12.6. The number of carbonyl (C=O) groups excluding carboxylic acids is 3. The molecule has 3 aromatic rings. The molecule has 1 fully saturated rings. The second kappa shape index (κ2) is 12.9. The van der Waals surface area contributed by atoms with Gasteiger partial charge < -0.3 is 34.1 Å². The van der Waals surface area contributed by atoms with E-state index in [1.807, 2.05) is 30.3 Å². The highest BCUT2D eigenvalue weighted by Crippen LogP contribution is 2.23. The highest BCUT2D eigenvalue weighted by Gasteiger charge is 2.29. The SMILES string of the molecule is COc1ccc2c(CC(=O)NC(CO)C(=O)N3CCCN(C(=O)OCc4ccccc4)CC3)cc(=O)oc2c1. The molecule has 3 amide bonds. The maximum absolute atomic E-state index is 13.1. The summed E-state index contributed by atoms with van der Waals surface area (Å²) < 4.78 is 15.8. The second-order valence-corrected chi connectivity index (χ2v) is 9.14. The van der Waals surface area contributed by atoms with Crippen molar-refractivity contribution in [3.05, 3.63) is 76.1 Å². The van der Waals surface area contributed by atoms with Crippen molar-refractivity contribution in [1.82, 2.24) is 15.1 Å². The van der Waals surface area contributed by atoms with Gasteiger partial charge in [0, 0.05) is 43.7 Å². The normalized spacial score (nSPS) is 14.4. The summed E-state index contributed by atoms with van der Waals surface area (Å²) in [6, 6.07) is 14.3. The van der Waals surface area contributed by atoms with E-state index in [2.05, 4.69) is 5.32 Å². The lowest BCUT2D eigenvalue weighted by molar-refractivity contribution is -0.137. The lowest BCUT2D eigenvalue weighted by Crippen LogP contribution is -2.51. The zero-order valence-electron chi connectivity index (χ0n) is 21.6. The van der Waals surface area contributed by atoms with Crippen molar-refractivity contribution in [2.75, 3.05) is 39.9 Å². The molecule has 2 heterocycles. The Morgan fingerprint density at radius 3 is 2.51 bits per heavy atom. The molecular formula is C28H31N3O8. The van der Waals surface area contributed by atoms with E-state index in [4.69, 9.17) is 13.9 Å². The minimum atomic E-state index is -1.17. The number of aliphatic hydroxyl groups is 1. The Morgan fingerprint density at radius 1 is 1.03 bits per heavy atom. The largest absolute Gasteiger partial charge is 0.497 e. The molecule has 11 heteroatoms. The quantitative estimate of drug-likeness (QED) is 0.414. The lowest BCUT2D eigenvalue weighted by atomic mass is 10.1. The van der Waals surface area contributed by atoms with Gasteiger partial charge in [-0.05, 0) is 29.7 Å². The summed E-state index contributed by atoms with van der Waals surface area (Å²) in [7, 11) is 1.49.